The molecule has 2 aromatic carbocycles. The molecule has 40 heavy (non-hydrogen) atoms. The van der Waals surface area contributed by atoms with E-state index >= 15 is 0 Å². The zero-order chi connectivity index (χ0) is 28.4. The van der Waals surface area contributed by atoms with Crippen molar-refractivity contribution in [2.24, 2.45) is 0 Å². The van der Waals surface area contributed by atoms with Crippen LogP contribution in [0.5, 0.6) is 0 Å². The summed E-state index contributed by atoms with van der Waals surface area (Å²) in [5.41, 5.74) is 8.52. The maximum atomic E-state index is 11.9. The molecule has 2 atom stereocenters. The largest absolute Gasteiger partial charge is 0.550 e. The molecule has 0 aromatic heterocycles. The van der Waals surface area contributed by atoms with E-state index in [0.717, 1.165) is 70.9 Å². The van der Waals surface area contributed by atoms with Gasteiger partial charge in [0.15, 0.2) is 12.3 Å². The number of hydrogen-bond acceptors (Lipinski definition) is 6. The highest BCUT2D eigenvalue weighted by molar-refractivity contribution is 7.85. The van der Waals surface area contributed by atoms with E-state index in [1.807, 2.05) is 18.2 Å². The van der Waals surface area contributed by atoms with Gasteiger partial charge >= 0.3 is 0 Å². The van der Waals surface area contributed by atoms with E-state index in [9.17, 15) is 22.9 Å². The van der Waals surface area contributed by atoms with Gasteiger partial charge < -0.3 is 19.5 Å². The number of anilines is 1. The van der Waals surface area contributed by atoms with Gasteiger partial charge in [-0.25, -0.2) is 0 Å². The van der Waals surface area contributed by atoms with Crippen LogP contribution in [0.1, 0.15) is 57.2 Å². The average molecular weight is 561 g/mol. The zero-order valence-corrected chi connectivity index (χ0v) is 23.8. The minimum absolute atomic E-state index is 0.0264. The van der Waals surface area contributed by atoms with Gasteiger partial charge in [-0.15, -0.1) is 0 Å². The highest BCUT2D eigenvalue weighted by Gasteiger charge is 2.54. The fourth-order valence-electron chi connectivity index (χ4n) is 7.76. The third-order valence-corrected chi connectivity index (χ3v) is 10.3. The Kier molecular flexibility index (Phi) is 5.23. The third-order valence-electron chi connectivity index (χ3n) is 9.44. The Bertz CT molecular complexity index is 1730. The van der Waals surface area contributed by atoms with Crippen LogP contribution in [0.2, 0.25) is 0 Å². The molecular weight excluding hydrogens is 528 g/mol. The van der Waals surface area contributed by atoms with Crippen molar-refractivity contribution in [1.29, 1.82) is 0 Å². The van der Waals surface area contributed by atoms with E-state index in [1.54, 1.807) is 12.1 Å². The van der Waals surface area contributed by atoms with Crippen molar-refractivity contribution in [2.75, 3.05) is 18.0 Å². The first-order chi connectivity index (χ1) is 18.8. The van der Waals surface area contributed by atoms with Gasteiger partial charge in [-0.3, -0.25) is 4.55 Å². The summed E-state index contributed by atoms with van der Waals surface area (Å²) in [6.07, 6.45) is 3.80. The Morgan fingerprint density at radius 1 is 1.07 bits per heavy atom. The minimum atomic E-state index is -4.32. The lowest BCUT2D eigenvalue weighted by Crippen LogP contribution is -2.47. The average Bonchev–Trinajstić information content (AvgIpc) is 3.26. The summed E-state index contributed by atoms with van der Waals surface area (Å²) < 4.78 is 42.7. The molecule has 0 fully saturated rings. The predicted molar refractivity (Wildman–Crippen MR) is 148 cm³/mol. The molecule has 0 saturated carbocycles. The zero-order valence-electron chi connectivity index (χ0n) is 23.0. The van der Waals surface area contributed by atoms with Gasteiger partial charge in [-0.2, -0.15) is 13.0 Å². The molecule has 5 aliphatic heterocycles. The van der Waals surface area contributed by atoms with Crippen LogP contribution in [0, 0.1) is 0 Å². The number of carbonyl (C=O) groups excluding carboxylic acids is 1. The second-order valence-corrected chi connectivity index (χ2v) is 14.0. The van der Waals surface area contributed by atoms with Crippen LogP contribution in [-0.4, -0.2) is 54.5 Å². The predicted octanol–water partition coefficient (Wildman–Crippen LogP) is 3.16. The van der Waals surface area contributed by atoms with Gasteiger partial charge in [0.25, 0.3) is 10.1 Å². The lowest BCUT2D eigenvalue weighted by atomic mass is 9.74. The van der Waals surface area contributed by atoms with E-state index < -0.39 is 21.5 Å². The highest BCUT2D eigenvalue weighted by atomic mass is 32.2. The molecule has 7 rings (SSSR count). The number of carbonyl (C=O) groups is 1. The summed E-state index contributed by atoms with van der Waals surface area (Å²) in [4.78, 5) is 13.6. The van der Waals surface area contributed by atoms with Gasteiger partial charge in [-0.05, 0) is 55.7 Å². The molecule has 2 aromatic rings. The van der Waals surface area contributed by atoms with Crippen molar-refractivity contribution in [3.8, 4) is 0 Å². The van der Waals surface area contributed by atoms with Crippen LogP contribution in [0.25, 0.3) is 0 Å². The van der Waals surface area contributed by atoms with Gasteiger partial charge in [0, 0.05) is 64.9 Å². The summed E-state index contributed by atoms with van der Waals surface area (Å²) in [7, 11) is -4.32. The summed E-state index contributed by atoms with van der Waals surface area (Å²) >= 11 is 0. The summed E-state index contributed by atoms with van der Waals surface area (Å²) in [6, 6.07) is 10.8. The molecule has 0 radical (unpaired) electrons. The quantitative estimate of drug-likeness (QED) is 0.454. The SMILES string of the molecule is CC1(C)C2=C3C=C4C5=[N+](CCC4OC3CCN2c2ccc(CC(=O)[O-])cc21)c1ccc(S(=O)(=O)O)cc1C5(C)C. The van der Waals surface area contributed by atoms with Crippen LogP contribution < -0.4 is 10.0 Å². The Balaban J connectivity index is 1.38. The van der Waals surface area contributed by atoms with Crippen LogP contribution >= 0.6 is 0 Å². The van der Waals surface area contributed by atoms with Gasteiger partial charge in [0.1, 0.15) is 0 Å². The Morgan fingerprint density at radius 2 is 1.85 bits per heavy atom. The Labute approximate surface area is 234 Å². The molecule has 5 heterocycles. The van der Waals surface area contributed by atoms with Crippen molar-refractivity contribution in [1.82, 2.24) is 0 Å². The molecule has 8 nitrogen and oxygen atoms in total. The number of fused-ring (bicyclic) bond motifs is 8. The third kappa shape index (κ3) is 3.47. The molecular formula is C31H32N2O6S. The molecule has 5 aliphatic rings. The van der Waals surface area contributed by atoms with Crippen LogP contribution in [0.3, 0.4) is 0 Å². The normalized spacial score (nSPS) is 25.4. The Hall–Kier alpha value is -3.27. The van der Waals surface area contributed by atoms with E-state index in [4.69, 9.17) is 4.74 Å². The number of carboxylic acids is 1. The monoisotopic (exact) mass is 560 g/mol. The first kappa shape index (κ1) is 25.7. The number of nitrogens with zero attached hydrogens (tertiary/aromatic N) is 2. The number of allylic oxidation sites excluding steroid dienone is 1. The molecule has 0 amide bonds. The van der Waals surface area contributed by atoms with Crippen molar-refractivity contribution >= 4 is 33.2 Å². The summed E-state index contributed by atoms with van der Waals surface area (Å²) in [5, 5.41) is 11.3. The topological polar surface area (TPSA) is 110 Å². The van der Waals surface area contributed by atoms with Crippen molar-refractivity contribution in [3.63, 3.8) is 0 Å². The first-order valence-electron chi connectivity index (χ1n) is 13.8. The van der Waals surface area contributed by atoms with Crippen LogP contribution in [0.15, 0.2) is 64.2 Å². The molecule has 9 heteroatoms. The molecule has 0 bridgehead atoms. The smallest absolute Gasteiger partial charge is 0.294 e. The molecule has 1 N–H and O–H groups in total. The summed E-state index contributed by atoms with van der Waals surface area (Å²) in [5.74, 6) is -1.09. The molecule has 208 valence electrons. The number of hydrogen-bond donors (Lipinski definition) is 1. The molecule has 2 unspecified atom stereocenters. The van der Waals surface area contributed by atoms with Crippen molar-refractivity contribution in [3.05, 3.63) is 76.0 Å². The van der Waals surface area contributed by atoms with E-state index in [1.165, 1.54) is 11.8 Å². The fourth-order valence-corrected chi connectivity index (χ4v) is 8.26. The van der Waals surface area contributed by atoms with Crippen LogP contribution in [0.4, 0.5) is 11.4 Å². The standard InChI is InChI=1S/C31H32N2O6S/c1-30(2)21-13-17(14-27(34)35)5-7-23(21)32-11-9-25-19(28(30)32)16-20-26(39-25)10-12-33-24-8-6-18(40(36,37)38)15-22(24)31(3,4)29(20)33/h5-8,13,15-16,25-26H,9-12,14H2,1-4H3,(H-,34,35,36,37,38). The van der Waals surface area contributed by atoms with Crippen molar-refractivity contribution < 1.29 is 32.2 Å². The van der Waals surface area contributed by atoms with Gasteiger partial charge in [0.2, 0.25) is 5.69 Å². The first-order valence-corrected chi connectivity index (χ1v) is 15.2. The van der Waals surface area contributed by atoms with E-state index in [0.29, 0.717) is 0 Å². The molecule has 0 saturated heterocycles. The maximum absolute atomic E-state index is 11.9. The number of benzene rings is 2. The number of carboxylic acid groups (broad SMARTS) is 1. The van der Waals surface area contributed by atoms with Crippen LogP contribution in [-0.2, 0) is 36.9 Å². The number of rotatable bonds is 3. The van der Waals surface area contributed by atoms with Gasteiger partial charge in [-0.1, -0.05) is 26.0 Å². The summed E-state index contributed by atoms with van der Waals surface area (Å²) in [6.45, 7) is 10.2. The van der Waals surface area contributed by atoms with Crippen molar-refractivity contribution in [2.45, 2.75) is 74.9 Å². The fraction of sp³-hybridized carbons (Fsp3) is 0.419. The van der Waals surface area contributed by atoms with Gasteiger partial charge in [0.05, 0.1) is 22.5 Å². The number of aliphatic carboxylic acids is 1. The molecule has 0 spiro atoms. The highest BCUT2D eigenvalue weighted by Crippen LogP contribution is 2.54. The number of ether oxygens (including phenoxy) is 1. The Morgan fingerprint density at radius 3 is 2.58 bits per heavy atom. The lowest BCUT2D eigenvalue weighted by molar-refractivity contribution is -0.445. The van der Waals surface area contributed by atoms with E-state index in [2.05, 4.69) is 43.2 Å². The second kappa shape index (κ2) is 8.15. The second-order valence-electron chi connectivity index (χ2n) is 12.6. The minimum Gasteiger partial charge on any atom is -0.550 e. The molecule has 0 aliphatic carbocycles. The van der Waals surface area contributed by atoms with E-state index in [-0.39, 0.29) is 28.9 Å². The lowest BCUT2D eigenvalue weighted by Gasteiger charge is -2.42. The maximum Gasteiger partial charge on any atom is 0.294 e.